The molecule has 0 saturated heterocycles. The smallest absolute Gasteiger partial charge is 0.416 e. The molecule has 5 heteroatoms. The highest BCUT2D eigenvalue weighted by molar-refractivity contribution is 5.36. The molecule has 1 rings (SSSR count). The normalized spacial score (nSPS) is 11.6. The van der Waals surface area contributed by atoms with E-state index in [1.54, 1.807) is 6.07 Å². The minimum Gasteiger partial charge on any atom is -0.497 e. The summed E-state index contributed by atoms with van der Waals surface area (Å²) < 4.78 is 42.3. The molecule has 0 saturated carbocycles. The molecule has 1 N–H and O–H groups in total. The summed E-state index contributed by atoms with van der Waals surface area (Å²) in [4.78, 5) is 0. The van der Waals surface area contributed by atoms with E-state index < -0.39 is 11.7 Å². The fourth-order valence-corrected chi connectivity index (χ4v) is 1.37. The molecule has 0 atom stereocenters. The highest BCUT2D eigenvalue weighted by atomic mass is 19.4. The summed E-state index contributed by atoms with van der Waals surface area (Å²) in [6.07, 6.45) is -3.54. The molecule has 2 nitrogen and oxygen atoms in total. The number of hydrogen-bond donors (Lipinski definition) is 1. The number of aryl methyl sites for hydroxylation is 1. The van der Waals surface area contributed by atoms with Gasteiger partial charge in [-0.2, -0.15) is 13.2 Å². The van der Waals surface area contributed by atoms with Gasteiger partial charge in [0.25, 0.3) is 0 Å². The summed E-state index contributed by atoms with van der Waals surface area (Å²) in [7, 11) is 1.32. The SMILES string of the molecule is COc1cc(CCCO)cc(C(F)(F)F)c1. The quantitative estimate of drug-likeness (QED) is 0.867. The van der Waals surface area contributed by atoms with Crippen molar-refractivity contribution in [2.45, 2.75) is 19.0 Å². The summed E-state index contributed by atoms with van der Waals surface area (Å²) in [5, 5.41) is 8.63. The van der Waals surface area contributed by atoms with Crippen molar-refractivity contribution >= 4 is 0 Å². The van der Waals surface area contributed by atoms with Gasteiger partial charge >= 0.3 is 6.18 Å². The van der Waals surface area contributed by atoms with Gasteiger partial charge in [-0.15, -0.1) is 0 Å². The zero-order valence-corrected chi connectivity index (χ0v) is 8.84. The molecule has 0 aromatic heterocycles. The van der Waals surface area contributed by atoms with E-state index in [0.29, 0.717) is 18.4 Å². The topological polar surface area (TPSA) is 29.5 Å². The molecule has 0 radical (unpaired) electrons. The first-order valence-electron chi connectivity index (χ1n) is 4.83. The molecule has 0 bridgehead atoms. The largest absolute Gasteiger partial charge is 0.497 e. The molecule has 0 fully saturated rings. The van der Waals surface area contributed by atoms with Crippen molar-refractivity contribution in [2.75, 3.05) is 13.7 Å². The third kappa shape index (κ3) is 3.41. The van der Waals surface area contributed by atoms with Crippen LogP contribution in [0.1, 0.15) is 17.5 Å². The van der Waals surface area contributed by atoms with Crippen molar-refractivity contribution in [3.8, 4) is 5.75 Å². The zero-order valence-electron chi connectivity index (χ0n) is 8.84. The fraction of sp³-hybridized carbons (Fsp3) is 0.455. The van der Waals surface area contributed by atoms with E-state index in [1.165, 1.54) is 7.11 Å². The van der Waals surface area contributed by atoms with Crippen LogP contribution in [0.4, 0.5) is 13.2 Å². The molecule has 0 spiro atoms. The van der Waals surface area contributed by atoms with Gasteiger partial charge in [-0.05, 0) is 36.6 Å². The van der Waals surface area contributed by atoms with Crippen LogP contribution in [0.25, 0.3) is 0 Å². The summed E-state index contributed by atoms with van der Waals surface area (Å²) >= 11 is 0. The van der Waals surface area contributed by atoms with E-state index in [2.05, 4.69) is 0 Å². The van der Waals surface area contributed by atoms with E-state index in [9.17, 15) is 13.2 Å². The Hall–Kier alpha value is -1.23. The van der Waals surface area contributed by atoms with Crippen LogP contribution < -0.4 is 4.74 Å². The van der Waals surface area contributed by atoms with Crippen LogP contribution in [-0.2, 0) is 12.6 Å². The van der Waals surface area contributed by atoms with Crippen molar-refractivity contribution in [1.82, 2.24) is 0 Å². The molecule has 16 heavy (non-hydrogen) atoms. The highest BCUT2D eigenvalue weighted by Crippen LogP contribution is 2.32. The first-order chi connectivity index (χ1) is 7.47. The Morgan fingerprint density at radius 3 is 2.44 bits per heavy atom. The van der Waals surface area contributed by atoms with Gasteiger partial charge in [0.2, 0.25) is 0 Å². The Morgan fingerprint density at radius 2 is 1.94 bits per heavy atom. The van der Waals surface area contributed by atoms with Gasteiger partial charge in [0.05, 0.1) is 12.7 Å². The Morgan fingerprint density at radius 1 is 1.25 bits per heavy atom. The molecular weight excluding hydrogens is 221 g/mol. The Bertz CT molecular complexity index is 348. The molecule has 90 valence electrons. The van der Waals surface area contributed by atoms with Crippen LogP contribution in [-0.4, -0.2) is 18.8 Å². The standard InChI is InChI=1S/C11H13F3O2/c1-16-10-6-8(3-2-4-15)5-9(7-10)11(12,13)14/h5-7,15H,2-4H2,1H3. The predicted octanol–water partition coefficient (Wildman–Crippen LogP) is 2.64. The molecule has 0 aliphatic heterocycles. The third-order valence-electron chi connectivity index (χ3n) is 2.15. The minimum atomic E-state index is -4.37. The molecule has 0 heterocycles. The van der Waals surface area contributed by atoms with E-state index in [0.717, 1.165) is 12.1 Å². The Balaban J connectivity index is 3.01. The second-order valence-corrected chi connectivity index (χ2v) is 3.39. The van der Waals surface area contributed by atoms with Crippen LogP contribution >= 0.6 is 0 Å². The highest BCUT2D eigenvalue weighted by Gasteiger charge is 2.31. The van der Waals surface area contributed by atoms with E-state index in [4.69, 9.17) is 9.84 Å². The number of aliphatic hydroxyl groups is 1. The van der Waals surface area contributed by atoms with Gasteiger partial charge < -0.3 is 9.84 Å². The zero-order chi connectivity index (χ0) is 12.2. The lowest BCUT2D eigenvalue weighted by molar-refractivity contribution is -0.137. The van der Waals surface area contributed by atoms with Gasteiger partial charge in [-0.3, -0.25) is 0 Å². The first-order valence-corrected chi connectivity index (χ1v) is 4.83. The molecule has 0 unspecified atom stereocenters. The van der Waals surface area contributed by atoms with Crippen LogP contribution in [0, 0.1) is 0 Å². The minimum absolute atomic E-state index is 0.0431. The number of rotatable bonds is 4. The predicted molar refractivity (Wildman–Crippen MR) is 53.4 cm³/mol. The Labute approximate surface area is 91.7 Å². The van der Waals surface area contributed by atoms with Gasteiger partial charge in [0.15, 0.2) is 0 Å². The maximum atomic E-state index is 12.5. The van der Waals surface area contributed by atoms with Crippen molar-refractivity contribution < 1.29 is 23.0 Å². The monoisotopic (exact) mass is 234 g/mol. The lowest BCUT2D eigenvalue weighted by atomic mass is 10.1. The number of benzene rings is 1. The van der Waals surface area contributed by atoms with Gasteiger partial charge in [-0.25, -0.2) is 0 Å². The van der Waals surface area contributed by atoms with Crippen LogP contribution in [0.15, 0.2) is 18.2 Å². The maximum Gasteiger partial charge on any atom is 0.416 e. The summed E-state index contributed by atoms with van der Waals surface area (Å²) in [5.74, 6) is 0.183. The van der Waals surface area contributed by atoms with Crippen molar-refractivity contribution in [2.24, 2.45) is 0 Å². The number of halogens is 3. The number of alkyl halides is 3. The molecular formula is C11H13F3O2. The van der Waals surface area contributed by atoms with Crippen molar-refractivity contribution in [3.63, 3.8) is 0 Å². The number of methoxy groups -OCH3 is 1. The molecule has 1 aromatic carbocycles. The second kappa shape index (κ2) is 5.21. The second-order valence-electron chi connectivity index (χ2n) is 3.39. The van der Waals surface area contributed by atoms with E-state index >= 15 is 0 Å². The van der Waals surface area contributed by atoms with Crippen molar-refractivity contribution in [3.05, 3.63) is 29.3 Å². The third-order valence-corrected chi connectivity index (χ3v) is 2.15. The summed E-state index contributed by atoms with van der Waals surface area (Å²) in [6.45, 7) is -0.0431. The Kier molecular flexibility index (Phi) is 4.18. The van der Waals surface area contributed by atoms with Crippen LogP contribution in [0.3, 0.4) is 0 Å². The molecule has 0 amide bonds. The number of ether oxygens (including phenoxy) is 1. The van der Waals surface area contributed by atoms with Gasteiger partial charge in [-0.1, -0.05) is 0 Å². The maximum absolute atomic E-state index is 12.5. The lowest BCUT2D eigenvalue weighted by Gasteiger charge is -2.11. The molecule has 0 aliphatic rings. The van der Waals surface area contributed by atoms with Crippen molar-refractivity contribution in [1.29, 1.82) is 0 Å². The van der Waals surface area contributed by atoms with Crippen LogP contribution in [0.2, 0.25) is 0 Å². The molecule has 0 aliphatic carbocycles. The average molecular weight is 234 g/mol. The summed E-state index contributed by atoms with van der Waals surface area (Å²) in [6, 6.07) is 3.59. The van der Waals surface area contributed by atoms with E-state index in [1.807, 2.05) is 0 Å². The van der Waals surface area contributed by atoms with E-state index in [-0.39, 0.29) is 12.4 Å². The lowest BCUT2D eigenvalue weighted by Crippen LogP contribution is -2.06. The van der Waals surface area contributed by atoms with Crippen LogP contribution in [0.5, 0.6) is 5.75 Å². The van der Waals surface area contributed by atoms with Gasteiger partial charge in [0.1, 0.15) is 5.75 Å². The van der Waals surface area contributed by atoms with Gasteiger partial charge in [0, 0.05) is 6.61 Å². The number of aliphatic hydroxyl groups excluding tert-OH is 1. The first kappa shape index (κ1) is 12.8. The summed E-state index contributed by atoms with van der Waals surface area (Å²) in [5.41, 5.74) is -0.208. The number of hydrogen-bond acceptors (Lipinski definition) is 2. The average Bonchev–Trinajstić information content (AvgIpc) is 2.24. The fourth-order valence-electron chi connectivity index (χ4n) is 1.37. The molecule has 1 aromatic rings.